The van der Waals surface area contributed by atoms with Crippen LogP contribution in [0.5, 0.6) is 0 Å². The molecule has 0 radical (unpaired) electrons. The number of hydrazone groups is 1. The van der Waals surface area contributed by atoms with Gasteiger partial charge in [-0.2, -0.15) is 39.5 Å². The summed E-state index contributed by atoms with van der Waals surface area (Å²) in [5, 5.41) is 4.43. The summed E-state index contributed by atoms with van der Waals surface area (Å²) in [6.07, 6.45) is -14.3. The molecular weight excluding hydrogens is 521 g/mol. The van der Waals surface area contributed by atoms with Gasteiger partial charge in [0.1, 0.15) is 5.82 Å². The van der Waals surface area contributed by atoms with Crippen molar-refractivity contribution in [2.24, 2.45) is 16.7 Å². The molecule has 37 heavy (non-hydrogen) atoms. The first-order chi connectivity index (χ1) is 16.8. The van der Waals surface area contributed by atoms with Crippen LogP contribution in [0.25, 0.3) is 0 Å². The van der Waals surface area contributed by atoms with Crippen molar-refractivity contribution in [1.82, 2.24) is 15.0 Å². The maximum absolute atomic E-state index is 13.4. The number of hydrogen-bond donors (Lipinski definition) is 2. The molecule has 0 aliphatic carbocycles. The summed E-state index contributed by atoms with van der Waals surface area (Å²) in [5.41, 5.74) is 1.15. The predicted octanol–water partition coefficient (Wildman–Crippen LogP) is 4.63. The highest BCUT2D eigenvalue weighted by Crippen LogP contribution is 2.37. The molecule has 0 saturated heterocycles. The fourth-order valence-corrected chi connectivity index (χ4v) is 3.25. The number of alkyl halides is 9. The third-order valence-electron chi connectivity index (χ3n) is 5.07. The Balaban J connectivity index is 2.65. The van der Waals surface area contributed by atoms with Crippen LogP contribution in [-0.2, 0) is 31.6 Å². The fraction of sp³-hybridized carbons (Fsp3) is 0.429. The van der Waals surface area contributed by atoms with E-state index in [0.29, 0.717) is 24.9 Å². The number of nitrogens with two attached hydrogens (primary N) is 2. The topological polar surface area (TPSA) is 87.0 Å². The maximum atomic E-state index is 13.4. The number of rotatable bonds is 7. The third kappa shape index (κ3) is 8.03. The molecule has 4 N–H and O–H groups in total. The van der Waals surface area contributed by atoms with E-state index in [0.717, 1.165) is 16.1 Å². The van der Waals surface area contributed by atoms with Gasteiger partial charge in [-0.25, -0.2) is 15.9 Å². The first-order valence-corrected chi connectivity index (χ1v) is 10.5. The molecule has 1 aromatic heterocycles. The van der Waals surface area contributed by atoms with E-state index in [1.54, 1.807) is 6.92 Å². The Bertz CT molecular complexity index is 1080. The first-order valence-electron chi connectivity index (χ1n) is 10.5. The Morgan fingerprint density at radius 1 is 0.838 bits per heavy atom. The predicted molar refractivity (Wildman–Crippen MR) is 117 cm³/mol. The highest BCUT2D eigenvalue weighted by molar-refractivity contribution is 5.78. The van der Waals surface area contributed by atoms with E-state index >= 15 is 0 Å². The Hall–Kier alpha value is -3.43. The van der Waals surface area contributed by atoms with Crippen molar-refractivity contribution in [3.8, 4) is 0 Å². The van der Waals surface area contributed by atoms with Gasteiger partial charge in [0.2, 0.25) is 5.96 Å². The molecule has 206 valence electrons. The van der Waals surface area contributed by atoms with Gasteiger partial charge in [0, 0.05) is 45.5 Å². The minimum absolute atomic E-state index is 0.0377. The van der Waals surface area contributed by atoms with Crippen LogP contribution >= 0.6 is 0 Å². The van der Waals surface area contributed by atoms with Gasteiger partial charge in [0.15, 0.2) is 0 Å². The number of aromatic nitrogens is 1. The van der Waals surface area contributed by atoms with Gasteiger partial charge in [-0.05, 0) is 36.8 Å². The lowest BCUT2D eigenvalue weighted by Gasteiger charge is -2.28. The van der Waals surface area contributed by atoms with Crippen LogP contribution in [0.2, 0.25) is 0 Å². The van der Waals surface area contributed by atoms with Crippen LogP contribution in [0, 0.1) is 0 Å². The molecule has 2 aromatic rings. The van der Waals surface area contributed by atoms with Gasteiger partial charge in [-0.3, -0.25) is 0 Å². The second-order valence-electron chi connectivity index (χ2n) is 8.02. The summed E-state index contributed by atoms with van der Waals surface area (Å²) in [5.74, 6) is 5.05. The van der Waals surface area contributed by atoms with Gasteiger partial charge in [-0.15, -0.1) is 5.10 Å². The summed E-state index contributed by atoms with van der Waals surface area (Å²) >= 11 is 0. The number of anilines is 1. The third-order valence-corrected chi connectivity index (χ3v) is 5.07. The normalized spacial score (nSPS) is 13.1. The number of hydrazine groups is 1. The van der Waals surface area contributed by atoms with Crippen LogP contribution in [0.1, 0.15) is 34.7 Å². The zero-order valence-corrected chi connectivity index (χ0v) is 19.8. The average Bonchev–Trinajstić information content (AvgIpc) is 2.75. The second-order valence-corrected chi connectivity index (χ2v) is 8.02. The molecule has 0 saturated carbocycles. The Kier molecular flexibility index (Phi) is 8.78. The molecule has 2 rings (SSSR count). The van der Waals surface area contributed by atoms with Gasteiger partial charge in [0.25, 0.3) is 0 Å². The van der Waals surface area contributed by atoms with Crippen LogP contribution < -0.4 is 16.5 Å². The average molecular weight is 545 g/mol. The van der Waals surface area contributed by atoms with Gasteiger partial charge in [-0.1, -0.05) is 0 Å². The lowest BCUT2D eigenvalue weighted by Crippen LogP contribution is -2.39. The van der Waals surface area contributed by atoms with Crippen molar-refractivity contribution < 1.29 is 39.5 Å². The molecular formula is C21H24F9N7. The standard InChI is InChI=1S/C21H24F9N7/c1-4-35(2)17-13(7-16(9-33-17)21(28,29)30)11-37(18(31)34-36(3)32)10-12-5-14(19(22,23)24)8-15(6-12)20(25,26)27/h5-9H,4,10-11,32H2,1-3H3,(H2,31,34). The van der Waals surface area contributed by atoms with Crippen molar-refractivity contribution in [2.75, 3.05) is 25.5 Å². The zero-order valence-electron chi connectivity index (χ0n) is 19.8. The van der Waals surface area contributed by atoms with Crippen molar-refractivity contribution in [3.63, 3.8) is 0 Å². The monoisotopic (exact) mass is 545 g/mol. The lowest BCUT2D eigenvalue weighted by atomic mass is 10.0. The van der Waals surface area contributed by atoms with Crippen LogP contribution in [0.4, 0.5) is 45.3 Å². The molecule has 16 heteroatoms. The number of hydrogen-bond acceptors (Lipinski definition) is 5. The minimum atomic E-state index is -5.10. The molecule has 1 heterocycles. The molecule has 0 unspecified atom stereocenters. The molecule has 0 fully saturated rings. The Morgan fingerprint density at radius 3 is 1.78 bits per heavy atom. The van der Waals surface area contributed by atoms with Crippen LogP contribution in [0.15, 0.2) is 35.6 Å². The summed E-state index contributed by atoms with van der Waals surface area (Å²) < 4.78 is 120. The smallest absolute Gasteiger partial charge is 0.368 e. The molecule has 0 aliphatic heterocycles. The van der Waals surface area contributed by atoms with Gasteiger partial charge >= 0.3 is 18.5 Å². The van der Waals surface area contributed by atoms with E-state index < -0.39 is 59.8 Å². The van der Waals surface area contributed by atoms with Crippen molar-refractivity contribution in [2.45, 2.75) is 38.5 Å². The fourth-order valence-electron chi connectivity index (χ4n) is 3.25. The van der Waals surface area contributed by atoms with E-state index in [-0.39, 0.29) is 17.4 Å². The van der Waals surface area contributed by atoms with Crippen LogP contribution in [-0.4, -0.2) is 41.6 Å². The molecule has 1 aromatic carbocycles. The first kappa shape index (κ1) is 29.8. The number of halogens is 9. The summed E-state index contributed by atoms with van der Waals surface area (Å²) in [6.45, 7) is 0.837. The number of pyridine rings is 1. The highest BCUT2D eigenvalue weighted by Gasteiger charge is 2.37. The summed E-state index contributed by atoms with van der Waals surface area (Å²) in [4.78, 5) is 6.35. The summed E-state index contributed by atoms with van der Waals surface area (Å²) in [7, 11) is 2.77. The zero-order chi connectivity index (χ0) is 28.3. The molecule has 0 bridgehead atoms. The number of guanidine groups is 1. The van der Waals surface area contributed by atoms with Crippen molar-refractivity contribution in [3.05, 3.63) is 58.3 Å². The Morgan fingerprint density at radius 2 is 1.35 bits per heavy atom. The van der Waals surface area contributed by atoms with E-state index in [9.17, 15) is 39.5 Å². The van der Waals surface area contributed by atoms with E-state index in [4.69, 9.17) is 11.6 Å². The van der Waals surface area contributed by atoms with Gasteiger partial charge < -0.3 is 15.5 Å². The van der Waals surface area contributed by atoms with Crippen molar-refractivity contribution >= 4 is 11.8 Å². The van der Waals surface area contributed by atoms with Crippen molar-refractivity contribution in [1.29, 1.82) is 0 Å². The minimum Gasteiger partial charge on any atom is -0.368 e. The molecule has 0 atom stereocenters. The van der Waals surface area contributed by atoms with E-state index in [1.165, 1.54) is 19.0 Å². The molecule has 7 nitrogen and oxygen atoms in total. The van der Waals surface area contributed by atoms with E-state index in [2.05, 4.69) is 10.1 Å². The lowest BCUT2D eigenvalue weighted by molar-refractivity contribution is -0.143. The van der Waals surface area contributed by atoms with Gasteiger partial charge in [0.05, 0.1) is 16.7 Å². The Labute approximate surface area is 206 Å². The maximum Gasteiger partial charge on any atom is 0.417 e. The highest BCUT2D eigenvalue weighted by atomic mass is 19.4. The number of nitrogens with zero attached hydrogens (tertiary/aromatic N) is 5. The quantitative estimate of drug-likeness (QED) is 0.174. The molecule has 0 amide bonds. The molecule has 0 spiro atoms. The van der Waals surface area contributed by atoms with E-state index in [1.807, 2.05) is 0 Å². The summed E-state index contributed by atoms with van der Waals surface area (Å²) in [6, 6.07) is 1.72. The second kappa shape index (κ2) is 10.9. The SMILES string of the molecule is CCN(C)c1ncc(C(F)(F)F)cc1CN(Cc1cc(C(F)(F)F)cc(C(F)(F)F)c1)/C(N)=N/N(C)N. The molecule has 0 aliphatic rings. The van der Waals surface area contributed by atoms with Crippen LogP contribution in [0.3, 0.4) is 0 Å². The largest absolute Gasteiger partial charge is 0.417 e. The number of benzene rings is 1.